The Balaban J connectivity index is 2.15. The first kappa shape index (κ1) is 22.2. The van der Waals surface area contributed by atoms with Crippen molar-refractivity contribution < 1.29 is 9.53 Å². The van der Waals surface area contributed by atoms with E-state index in [1.807, 2.05) is 26.8 Å². The molecule has 1 atom stereocenters. The van der Waals surface area contributed by atoms with Crippen LogP contribution in [0, 0.1) is 0 Å². The molecule has 6 nitrogen and oxygen atoms in total. The minimum atomic E-state index is -0.405. The average Bonchev–Trinajstić information content (AvgIpc) is 2.74. The monoisotopic (exact) mass is 445 g/mol. The third kappa shape index (κ3) is 4.32. The number of benzene rings is 2. The third-order valence-corrected chi connectivity index (χ3v) is 6.18. The largest absolute Gasteiger partial charge is 0.495 e. The molecule has 0 N–H and O–H groups in total. The van der Waals surface area contributed by atoms with Crippen molar-refractivity contribution in [2.45, 2.75) is 31.2 Å². The zero-order valence-electron chi connectivity index (χ0n) is 17.4. The fraction of sp³-hybridized carbons (Fsp3) is 0.318. The standard InChI is InChI=1S/C22H24ClN3O3S/c1-5-25(6-2)20(27)14(3)30-22-24-18-10-8-7-9-16(18)21(28)26(22)15-11-12-19(29-4)17(23)13-15/h7-14H,5-6H2,1-4H3. The van der Waals surface area contributed by atoms with E-state index < -0.39 is 5.25 Å². The summed E-state index contributed by atoms with van der Waals surface area (Å²) < 4.78 is 6.73. The van der Waals surface area contributed by atoms with Crippen molar-refractivity contribution in [3.05, 3.63) is 57.8 Å². The van der Waals surface area contributed by atoms with Crippen LogP contribution in [0.25, 0.3) is 16.6 Å². The molecular weight excluding hydrogens is 422 g/mol. The van der Waals surface area contributed by atoms with E-state index in [1.54, 1.807) is 41.3 Å². The van der Waals surface area contributed by atoms with Crippen molar-refractivity contribution in [3.8, 4) is 11.4 Å². The Morgan fingerprint density at radius 2 is 1.93 bits per heavy atom. The first-order valence-electron chi connectivity index (χ1n) is 9.72. The van der Waals surface area contributed by atoms with Crippen molar-refractivity contribution >= 4 is 40.2 Å². The van der Waals surface area contributed by atoms with Crippen molar-refractivity contribution in [2.75, 3.05) is 20.2 Å². The Kier molecular flexibility index (Phi) is 7.05. The van der Waals surface area contributed by atoms with Crippen LogP contribution < -0.4 is 10.3 Å². The summed E-state index contributed by atoms with van der Waals surface area (Å²) in [6.45, 7) is 6.99. The van der Waals surface area contributed by atoms with E-state index in [0.717, 1.165) is 0 Å². The van der Waals surface area contributed by atoms with Gasteiger partial charge in [-0.2, -0.15) is 0 Å². The van der Waals surface area contributed by atoms with Crippen LogP contribution in [0.5, 0.6) is 5.75 Å². The van der Waals surface area contributed by atoms with E-state index in [0.29, 0.717) is 45.6 Å². The molecule has 0 aliphatic rings. The zero-order valence-corrected chi connectivity index (χ0v) is 19.0. The fourth-order valence-electron chi connectivity index (χ4n) is 3.21. The number of carbonyl (C=O) groups is 1. The molecule has 0 aliphatic carbocycles. The van der Waals surface area contributed by atoms with E-state index in [2.05, 4.69) is 0 Å². The third-order valence-electron chi connectivity index (χ3n) is 4.84. The predicted molar refractivity (Wildman–Crippen MR) is 122 cm³/mol. The Labute approximate surface area is 184 Å². The van der Waals surface area contributed by atoms with Crippen LogP contribution in [0.2, 0.25) is 5.02 Å². The molecule has 0 aliphatic heterocycles. The lowest BCUT2D eigenvalue weighted by atomic mass is 10.2. The number of amides is 1. The fourth-order valence-corrected chi connectivity index (χ4v) is 4.48. The summed E-state index contributed by atoms with van der Waals surface area (Å²) >= 11 is 7.57. The lowest BCUT2D eigenvalue weighted by molar-refractivity contribution is -0.129. The number of hydrogen-bond acceptors (Lipinski definition) is 5. The molecule has 8 heteroatoms. The predicted octanol–water partition coefficient (Wildman–Crippen LogP) is 4.40. The Bertz CT molecular complexity index is 1130. The number of hydrogen-bond donors (Lipinski definition) is 0. The van der Waals surface area contributed by atoms with Gasteiger partial charge in [-0.25, -0.2) is 4.98 Å². The maximum atomic E-state index is 13.4. The highest BCUT2D eigenvalue weighted by Crippen LogP contribution is 2.30. The van der Waals surface area contributed by atoms with Crippen LogP contribution in [-0.2, 0) is 4.79 Å². The summed E-state index contributed by atoms with van der Waals surface area (Å²) in [6, 6.07) is 12.3. The lowest BCUT2D eigenvalue weighted by Crippen LogP contribution is -2.36. The van der Waals surface area contributed by atoms with Gasteiger partial charge in [-0.15, -0.1) is 0 Å². The Morgan fingerprint density at radius 1 is 1.23 bits per heavy atom. The topological polar surface area (TPSA) is 64.4 Å². The molecule has 0 radical (unpaired) electrons. The molecule has 3 rings (SSSR count). The van der Waals surface area contributed by atoms with Crippen molar-refractivity contribution in [3.63, 3.8) is 0 Å². The maximum Gasteiger partial charge on any atom is 0.266 e. The number of para-hydroxylation sites is 1. The summed E-state index contributed by atoms with van der Waals surface area (Å²) in [4.78, 5) is 32.6. The first-order valence-corrected chi connectivity index (χ1v) is 11.0. The Morgan fingerprint density at radius 3 is 2.57 bits per heavy atom. The quantitative estimate of drug-likeness (QED) is 0.398. The van der Waals surface area contributed by atoms with Gasteiger partial charge in [0.15, 0.2) is 5.16 Å². The number of carbonyl (C=O) groups excluding carboxylic acids is 1. The van der Waals surface area contributed by atoms with E-state index in [1.165, 1.54) is 23.4 Å². The second-order valence-corrected chi connectivity index (χ2v) is 8.36. The number of fused-ring (bicyclic) bond motifs is 1. The van der Waals surface area contributed by atoms with Gasteiger partial charge >= 0.3 is 0 Å². The molecule has 1 aromatic heterocycles. The number of methoxy groups -OCH3 is 1. The number of aromatic nitrogens is 2. The molecule has 1 amide bonds. The SMILES string of the molecule is CCN(CC)C(=O)C(C)Sc1nc2ccccc2c(=O)n1-c1ccc(OC)c(Cl)c1. The van der Waals surface area contributed by atoms with Gasteiger partial charge in [-0.05, 0) is 51.1 Å². The molecule has 30 heavy (non-hydrogen) atoms. The van der Waals surface area contributed by atoms with Crippen molar-refractivity contribution in [1.29, 1.82) is 0 Å². The van der Waals surface area contributed by atoms with Crippen LogP contribution >= 0.6 is 23.4 Å². The van der Waals surface area contributed by atoms with Gasteiger partial charge in [0, 0.05) is 13.1 Å². The first-order chi connectivity index (χ1) is 14.4. The number of thioether (sulfide) groups is 1. The molecule has 1 heterocycles. The second-order valence-electron chi connectivity index (χ2n) is 6.64. The molecule has 2 aromatic carbocycles. The molecular formula is C22H24ClN3O3S. The highest BCUT2D eigenvalue weighted by atomic mass is 35.5. The normalized spacial score (nSPS) is 12.0. The van der Waals surface area contributed by atoms with Gasteiger partial charge in [0.25, 0.3) is 5.56 Å². The molecule has 0 bridgehead atoms. The number of nitrogens with zero attached hydrogens (tertiary/aromatic N) is 3. The molecule has 0 fully saturated rings. The van der Waals surface area contributed by atoms with E-state index in [4.69, 9.17) is 21.3 Å². The summed E-state index contributed by atoms with van der Waals surface area (Å²) in [5, 5.41) is 0.917. The summed E-state index contributed by atoms with van der Waals surface area (Å²) in [5.41, 5.74) is 0.934. The maximum absolute atomic E-state index is 13.4. The van der Waals surface area contributed by atoms with Gasteiger partial charge < -0.3 is 9.64 Å². The van der Waals surface area contributed by atoms with Gasteiger partial charge in [-0.1, -0.05) is 35.5 Å². The number of halogens is 1. The zero-order chi connectivity index (χ0) is 21.8. The van der Waals surface area contributed by atoms with Crippen molar-refractivity contribution in [2.24, 2.45) is 0 Å². The highest BCUT2D eigenvalue weighted by Gasteiger charge is 2.23. The summed E-state index contributed by atoms with van der Waals surface area (Å²) in [6.07, 6.45) is 0. The van der Waals surface area contributed by atoms with Gasteiger partial charge in [0.1, 0.15) is 5.75 Å². The minimum absolute atomic E-state index is 0.00622. The van der Waals surface area contributed by atoms with Crippen molar-refractivity contribution in [1.82, 2.24) is 14.5 Å². The van der Waals surface area contributed by atoms with Crippen LogP contribution in [0.1, 0.15) is 20.8 Å². The molecule has 0 saturated heterocycles. The number of ether oxygens (including phenoxy) is 1. The number of rotatable bonds is 7. The average molecular weight is 446 g/mol. The lowest BCUT2D eigenvalue weighted by Gasteiger charge is -2.23. The van der Waals surface area contributed by atoms with E-state index >= 15 is 0 Å². The molecule has 0 spiro atoms. The molecule has 158 valence electrons. The van der Waals surface area contributed by atoms with Crippen LogP contribution in [0.4, 0.5) is 0 Å². The second kappa shape index (κ2) is 9.53. The minimum Gasteiger partial charge on any atom is -0.495 e. The Hall–Kier alpha value is -2.51. The highest BCUT2D eigenvalue weighted by molar-refractivity contribution is 8.00. The van der Waals surface area contributed by atoms with Gasteiger partial charge in [0.05, 0.1) is 34.0 Å². The van der Waals surface area contributed by atoms with Gasteiger partial charge in [-0.3, -0.25) is 14.2 Å². The molecule has 0 saturated carbocycles. The van der Waals surface area contributed by atoms with E-state index in [9.17, 15) is 9.59 Å². The molecule has 3 aromatic rings. The van der Waals surface area contributed by atoms with Crippen LogP contribution in [0.3, 0.4) is 0 Å². The molecule has 1 unspecified atom stereocenters. The van der Waals surface area contributed by atoms with Crippen LogP contribution in [0.15, 0.2) is 52.4 Å². The van der Waals surface area contributed by atoms with E-state index in [-0.39, 0.29) is 11.5 Å². The van der Waals surface area contributed by atoms with Gasteiger partial charge in [0.2, 0.25) is 5.91 Å². The smallest absolute Gasteiger partial charge is 0.266 e. The van der Waals surface area contributed by atoms with Crippen LogP contribution in [-0.4, -0.2) is 45.8 Å². The summed E-state index contributed by atoms with van der Waals surface area (Å²) in [5.74, 6) is 0.521. The summed E-state index contributed by atoms with van der Waals surface area (Å²) in [7, 11) is 1.53.